The zero-order valence-corrected chi connectivity index (χ0v) is 10.5. The maximum atomic E-state index is 13.1. The van der Waals surface area contributed by atoms with Crippen molar-refractivity contribution in [3.63, 3.8) is 0 Å². The highest BCUT2D eigenvalue weighted by molar-refractivity contribution is 5.83. The van der Waals surface area contributed by atoms with Crippen molar-refractivity contribution in [2.24, 2.45) is 0 Å². The predicted octanol–water partition coefficient (Wildman–Crippen LogP) is 1.88. The monoisotopic (exact) mass is 278 g/mol. The largest absolute Gasteiger partial charge is 0.465 e. The number of pyridine rings is 1. The smallest absolute Gasteiger partial charge is 0.448 e. The molecule has 0 aliphatic carbocycles. The summed E-state index contributed by atoms with van der Waals surface area (Å²) in [6, 6.07) is 3.10. The summed E-state index contributed by atoms with van der Waals surface area (Å²) >= 11 is 0. The molecule has 1 atom stereocenters. The first-order valence-electron chi connectivity index (χ1n) is 5.18. The van der Waals surface area contributed by atoms with Crippen molar-refractivity contribution in [1.82, 2.24) is 4.98 Å². The number of nitrogens with one attached hydrogen (secondary N) is 1. The number of rotatable bonds is 4. The van der Waals surface area contributed by atoms with Crippen LogP contribution in [0.2, 0.25) is 0 Å². The van der Waals surface area contributed by atoms with E-state index >= 15 is 0 Å². The lowest BCUT2D eigenvalue weighted by Crippen LogP contribution is -2.60. The van der Waals surface area contributed by atoms with E-state index in [-0.39, 0.29) is 5.82 Å². The number of ether oxygens (including phenoxy) is 2. The van der Waals surface area contributed by atoms with Crippen molar-refractivity contribution in [1.29, 1.82) is 0 Å². The maximum absolute atomic E-state index is 13.1. The number of halogens is 3. The molecule has 0 fully saturated rings. The first-order chi connectivity index (χ1) is 8.78. The fourth-order valence-corrected chi connectivity index (χ4v) is 1.41. The van der Waals surface area contributed by atoms with E-state index in [2.05, 4.69) is 14.5 Å². The highest BCUT2D eigenvalue weighted by Gasteiger charge is 2.63. The lowest BCUT2D eigenvalue weighted by molar-refractivity contribution is -0.259. The summed E-state index contributed by atoms with van der Waals surface area (Å²) in [4.78, 5) is 15.2. The van der Waals surface area contributed by atoms with E-state index in [1.54, 1.807) is 19.1 Å². The van der Waals surface area contributed by atoms with E-state index in [0.29, 0.717) is 5.56 Å². The van der Waals surface area contributed by atoms with Crippen molar-refractivity contribution in [2.45, 2.75) is 18.8 Å². The molecule has 1 aromatic heterocycles. The number of carbonyl (C=O) groups is 1. The van der Waals surface area contributed by atoms with Gasteiger partial charge in [-0.1, -0.05) is 6.07 Å². The van der Waals surface area contributed by atoms with Gasteiger partial charge >= 0.3 is 17.9 Å². The number of aromatic nitrogens is 1. The predicted molar refractivity (Wildman–Crippen MR) is 60.4 cm³/mol. The van der Waals surface area contributed by atoms with E-state index in [9.17, 15) is 18.0 Å². The van der Waals surface area contributed by atoms with Gasteiger partial charge in [-0.05, 0) is 18.6 Å². The van der Waals surface area contributed by atoms with Crippen LogP contribution in [-0.2, 0) is 14.3 Å². The first kappa shape index (κ1) is 15.2. The Morgan fingerprint density at radius 1 is 1.37 bits per heavy atom. The van der Waals surface area contributed by atoms with Crippen molar-refractivity contribution < 1.29 is 27.4 Å². The number of aryl methyl sites for hydroxylation is 1. The minimum atomic E-state index is -5.02. The number of nitrogens with zero attached hydrogens (tertiary/aromatic N) is 1. The van der Waals surface area contributed by atoms with E-state index < -0.39 is 17.9 Å². The van der Waals surface area contributed by atoms with Crippen LogP contribution in [0, 0.1) is 6.92 Å². The van der Waals surface area contributed by atoms with Crippen LogP contribution >= 0.6 is 0 Å². The summed E-state index contributed by atoms with van der Waals surface area (Å²) in [6.45, 7) is 1.55. The summed E-state index contributed by atoms with van der Waals surface area (Å²) in [5, 5.41) is 1.97. The molecule has 0 unspecified atom stereocenters. The molecule has 1 rings (SSSR count). The van der Waals surface area contributed by atoms with E-state index in [4.69, 9.17) is 0 Å². The number of hydrogen-bond donors (Lipinski definition) is 1. The van der Waals surface area contributed by atoms with Gasteiger partial charge in [0.1, 0.15) is 5.82 Å². The molecule has 1 N–H and O–H groups in total. The number of anilines is 1. The van der Waals surface area contributed by atoms with Crippen LogP contribution < -0.4 is 5.32 Å². The van der Waals surface area contributed by atoms with Gasteiger partial charge in [-0.15, -0.1) is 0 Å². The lowest BCUT2D eigenvalue weighted by atomic mass is 10.2. The van der Waals surface area contributed by atoms with Gasteiger partial charge in [-0.3, -0.25) is 0 Å². The third-order valence-corrected chi connectivity index (χ3v) is 2.48. The molecule has 0 aliphatic heterocycles. The van der Waals surface area contributed by atoms with E-state index in [1.165, 1.54) is 6.20 Å². The quantitative estimate of drug-likeness (QED) is 0.673. The molecule has 0 saturated heterocycles. The molecule has 0 aromatic carbocycles. The second-order valence-corrected chi connectivity index (χ2v) is 3.67. The topological polar surface area (TPSA) is 60.5 Å². The van der Waals surface area contributed by atoms with Gasteiger partial charge in [-0.25, -0.2) is 9.78 Å². The van der Waals surface area contributed by atoms with Crippen LogP contribution in [0.15, 0.2) is 18.3 Å². The lowest BCUT2D eigenvalue weighted by Gasteiger charge is -2.32. The molecule has 19 heavy (non-hydrogen) atoms. The Balaban J connectivity index is 3.26. The van der Waals surface area contributed by atoms with Crippen molar-refractivity contribution >= 4 is 11.8 Å². The Kier molecular flexibility index (Phi) is 4.35. The summed E-state index contributed by atoms with van der Waals surface area (Å²) in [6.07, 6.45) is -3.72. The summed E-state index contributed by atoms with van der Waals surface area (Å²) in [7, 11) is 1.60. The van der Waals surface area contributed by atoms with Gasteiger partial charge in [-0.2, -0.15) is 13.2 Å². The molecule has 0 amide bonds. The zero-order chi connectivity index (χ0) is 14.7. The highest BCUT2D eigenvalue weighted by Crippen LogP contribution is 2.35. The fourth-order valence-electron chi connectivity index (χ4n) is 1.41. The summed E-state index contributed by atoms with van der Waals surface area (Å²) < 4.78 is 47.9. The second kappa shape index (κ2) is 5.43. The van der Waals surface area contributed by atoms with Gasteiger partial charge in [0.05, 0.1) is 7.11 Å². The van der Waals surface area contributed by atoms with Gasteiger partial charge in [0.25, 0.3) is 0 Å². The van der Waals surface area contributed by atoms with E-state index in [0.717, 1.165) is 14.2 Å². The van der Waals surface area contributed by atoms with Crippen molar-refractivity contribution in [3.05, 3.63) is 23.9 Å². The molecule has 106 valence electrons. The molecule has 8 heteroatoms. The fraction of sp³-hybridized carbons (Fsp3) is 0.455. The average molecular weight is 278 g/mol. The Morgan fingerprint density at radius 3 is 2.42 bits per heavy atom. The number of alkyl halides is 3. The minimum Gasteiger partial charge on any atom is -0.465 e. The number of esters is 1. The molecular formula is C11H13F3N2O3. The van der Waals surface area contributed by atoms with Crippen LogP contribution in [0.4, 0.5) is 19.0 Å². The summed E-state index contributed by atoms with van der Waals surface area (Å²) in [5.41, 5.74) is -2.86. The minimum absolute atomic E-state index is 0.118. The molecule has 0 spiro atoms. The second-order valence-electron chi connectivity index (χ2n) is 3.67. The molecule has 5 nitrogen and oxygen atoms in total. The van der Waals surface area contributed by atoms with Gasteiger partial charge < -0.3 is 14.8 Å². The third-order valence-electron chi connectivity index (χ3n) is 2.48. The first-order valence-corrected chi connectivity index (χ1v) is 5.18. The normalized spacial score (nSPS) is 14.6. The highest BCUT2D eigenvalue weighted by atomic mass is 19.4. The summed E-state index contributed by atoms with van der Waals surface area (Å²) in [5.74, 6) is -1.72. The molecular weight excluding hydrogens is 265 g/mol. The Labute approximate surface area is 107 Å². The molecule has 0 saturated carbocycles. The van der Waals surface area contributed by atoms with Crippen LogP contribution in [-0.4, -0.2) is 37.1 Å². The molecule has 0 bridgehead atoms. The maximum Gasteiger partial charge on any atom is 0.448 e. The molecule has 0 radical (unpaired) electrons. The van der Waals surface area contributed by atoms with Crippen LogP contribution in [0.3, 0.4) is 0 Å². The molecule has 1 aromatic rings. The van der Waals surface area contributed by atoms with Crippen molar-refractivity contribution in [3.8, 4) is 0 Å². The molecule has 1 heterocycles. The van der Waals surface area contributed by atoms with Crippen LogP contribution in [0.25, 0.3) is 0 Å². The Bertz CT molecular complexity index is 465. The Hall–Kier alpha value is -1.83. The van der Waals surface area contributed by atoms with Crippen LogP contribution in [0.5, 0.6) is 0 Å². The average Bonchev–Trinajstić information content (AvgIpc) is 2.35. The van der Waals surface area contributed by atoms with Crippen molar-refractivity contribution in [2.75, 3.05) is 19.5 Å². The molecule has 0 aliphatic rings. The standard InChI is InChI=1S/C11H13F3N2O3/c1-7-5-4-6-15-8(7)16-10(19-3,9(17)18-2)11(12,13)14/h4-6H,1-3H3,(H,15,16)/t10-/m0/s1. The van der Waals surface area contributed by atoms with Gasteiger partial charge in [0, 0.05) is 13.3 Å². The zero-order valence-electron chi connectivity index (χ0n) is 10.5. The SMILES string of the molecule is COC(=O)[C@](Nc1ncccc1C)(OC)C(F)(F)F. The third kappa shape index (κ3) is 2.78. The number of hydrogen-bond acceptors (Lipinski definition) is 5. The number of methoxy groups -OCH3 is 2. The Morgan fingerprint density at radius 2 is 2.00 bits per heavy atom. The van der Waals surface area contributed by atoms with Gasteiger partial charge in [0.15, 0.2) is 0 Å². The van der Waals surface area contributed by atoms with Crippen LogP contribution in [0.1, 0.15) is 5.56 Å². The van der Waals surface area contributed by atoms with E-state index in [1.807, 2.05) is 5.32 Å². The van der Waals surface area contributed by atoms with Gasteiger partial charge in [0.2, 0.25) is 0 Å². The number of carbonyl (C=O) groups excluding carboxylic acids is 1.